The van der Waals surface area contributed by atoms with Crippen molar-refractivity contribution in [3.05, 3.63) is 39.3 Å². The molecule has 1 atom stereocenters. The molecule has 3 amide bonds. The van der Waals surface area contributed by atoms with Crippen LogP contribution in [0.4, 0.5) is 0 Å². The van der Waals surface area contributed by atoms with Gasteiger partial charge in [-0.3, -0.25) is 19.1 Å². The van der Waals surface area contributed by atoms with Crippen LogP contribution < -0.4 is 5.32 Å². The number of fused-ring (bicyclic) bond motifs is 1. The van der Waals surface area contributed by atoms with Gasteiger partial charge in [-0.1, -0.05) is 6.07 Å². The molecule has 1 unspecified atom stereocenters. The van der Waals surface area contributed by atoms with Crippen LogP contribution in [0.25, 0.3) is 0 Å². The zero-order valence-corrected chi connectivity index (χ0v) is 18.5. The van der Waals surface area contributed by atoms with Crippen LogP contribution in [0.1, 0.15) is 57.1 Å². The minimum Gasteiger partial charge on any atom is -0.353 e. The summed E-state index contributed by atoms with van der Waals surface area (Å²) in [5, 5.41) is 9.51. The molecule has 0 radical (unpaired) electrons. The Balaban J connectivity index is 1.33. The lowest BCUT2D eigenvalue weighted by Crippen LogP contribution is -2.46. The zero-order valence-electron chi connectivity index (χ0n) is 17.7. The Kier molecular flexibility index (Phi) is 5.29. The molecule has 0 bridgehead atoms. The highest BCUT2D eigenvalue weighted by Crippen LogP contribution is 2.27. The van der Waals surface area contributed by atoms with E-state index in [1.54, 1.807) is 14.5 Å². The van der Waals surface area contributed by atoms with Gasteiger partial charge in [-0.15, -0.1) is 11.3 Å². The smallest absolute Gasteiger partial charge is 0.274 e. The second-order valence-electron chi connectivity index (χ2n) is 8.72. The molecule has 2 aliphatic heterocycles. The third-order valence-electron chi connectivity index (χ3n) is 6.47. The molecule has 1 saturated heterocycles. The Bertz CT molecular complexity index is 1010. The van der Waals surface area contributed by atoms with E-state index in [9.17, 15) is 14.4 Å². The van der Waals surface area contributed by atoms with E-state index in [-0.39, 0.29) is 23.6 Å². The molecule has 2 aromatic rings. The number of aryl methyl sites for hydroxylation is 1. The van der Waals surface area contributed by atoms with Crippen molar-refractivity contribution < 1.29 is 14.4 Å². The molecule has 1 N–H and O–H groups in total. The fraction of sp³-hybridized carbons (Fsp3) is 0.545. The number of carbonyl (C=O) groups is 3. The summed E-state index contributed by atoms with van der Waals surface area (Å²) in [6, 6.07) is 4.03. The summed E-state index contributed by atoms with van der Waals surface area (Å²) < 4.78 is 1.77. The van der Waals surface area contributed by atoms with E-state index in [1.165, 1.54) is 11.3 Å². The lowest BCUT2D eigenvalue weighted by atomic mass is 9.96. The van der Waals surface area contributed by atoms with Gasteiger partial charge < -0.3 is 15.1 Å². The predicted octanol–water partition coefficient (Wildman–Crippen LogP) is 1.81. The summed E-state index contributed by atoms with van der Waals surface area (Å²) in [4.78, 5) is 43.0. The lowest BCUT2D eigenvalue weighted by molar-refractivity contribution is -0.126. The van der Waals surface area contributed by atoms with Crippen molar-refractivity contribution in [2.24, 2.45) is 13.0 Å². The number of carbonyl (C=O) groups excluding carboxylic acids is 3. The summed E-state index contributed by atoms with van der Waals surface area (Å²) in [5.74, 6) is -0.227. The summed E-state index contributed by atoms with van der Waals surface area (Å²) >= 11 is 1.43. The molecular weight excluding hydrogens is 414 g/mol. The van der Waals surface area contributed by atoms with Crippen molar-refractivity contribution in [2.75, 3.05) is 19.6 Å². The van der Waals surface area contributed by atoms with Crippen molar-refractivity contribution in [2.45, 2.75) is 44.7 Å². The normalized spacial score (nSPS) is 21.0. The highest BCUT2D eigenvalue weighted by Gasteiger charge is 2.35. The maximum atomic E-state index is 13.4. The first-order valence-electron chi connectivity index (χ1n) is 11.0. The molecule has 5 rings (SSSR count). The standard InChI is InChI=1S/C22H27N5O3S/c1-25-17-8-10-27(21(29)18-5-3-11-31-18)13-16(17)19(24-25)22(30)26-9-2-4-14(12-26)20(28)23-15-6-7-15/h3,5,11,14-15H,2,4,6-10,12-13H2,1H3,(H,23,28). The van der Waals surface area contributed by atoms with Crippen LogP contribution >= 0.6 is 11.3 Å². The van der Waals surface area contributed by atoms with Crippen molar-refractivity contribution in [3.63, 3.8) is 0 Å². The van der Waals surface area contributed by atoms with Gasteiger partial charge in [0.15, 0.2) is 5.69 Å². The van der Waals surface area contributed by atoms with E-state index in [2.05, 4.69) is 10.4 Å². The number of aromatic nitrogens is 2. The SMILES string of the molecule is Cn1nc(C(=O)N2CCCC(C(=O)NC3CC3)C2)c2c1CCN(C(=O)c1cccs1)C2. The highest BCUT2D eigenvalue weighted by molar-refractivity contribution is 7.12. The Hall–Kier alpha value is -2.68. The minimum atomic E-state index is -0.158. The first kappa shape index (κ1) is 20.2. The molecule has 2 aromatic heterocycles. The number of likely N-dealkylation sites (tertiary alicyclic amines) is 1. The van der Waals surface area contributed by atoms with Crippen molar-refractivity contribution in [3.8, 4) is 0 Å². The van der Waals surface area contributed by atoms with Crippen molar-refractivity contribution >= 4 is 29.1 Å². The number of hydrogen-bond donors (Lipinski definition) is 1. The first-order valence-corrected chi connectivity index (χ1v) is 11.9. The van der Waals surface area contributed by atoms with E-state index in [0.29, 0.717) is 49.2 Å². The molecule has 164 valence electrons. The largest absolute Gasteiger partial charge is 0.353 e. The van der Waals surface area contributed by atoms with E-state index in [4.69, 9.17) is 0 Å². The van der Waals surface area contributed by atoms with Crippen molar-refractivity contribution in [1.29, 1.82) is 0 Å². The first-order chi connectivity index (χ1) is 15.0. The van der Waals surface area contributed by atoms with Crippen molar-refractivity contribution in [1.82, 2.24) is 24.9 Å². The quantitative estimate of drug-likeness (QED) is 0.784. The molecule has 0 spiro atoms. The second kappa shape index (κ2) is 8.11. The average molecular weight is 442 g/mol. The molecule has 8 nitrogen and oxygen atoms in total. The molecule has 1 saturated carbocycles. The molecule has 3 aliphatic rings. The molecule has 9 heteroatoms. The fourth-order valence-corrected chi connectivity index (χ4v) is 5.26. The van der Waals surface area contributed by atoms with Crippen LogP contribution in [0.5, 0.6) is 0 Å². The van der Waals surface area contributed by atoms with E-state index >= 15 is 0 Å². The van der Waals surface area contributed by atoms with Crippen LogP contribution in [0.2, 0.25) is 0 Å². The van der Waals surface area contributed by atoms with E-state index < -0.39 is 0 Å². The summed E-state index contributed by atoms with van der Waals surface area (Å²) in [7, 11) is 1.86. The predicted molar refractivity (Wildman–Crippen MR) is 116 cm³/mol. The van der Waals surface area contributed by atoms with Crippen LogP contribution in [-0.2, 0) is 24.8 Å². The minimum absolute atomic E-state index is 0.00214. The number of amides is 3. The monoisotopic (exact) mass is 441 g/mol. The maximum Gasteiger partial charge on any atom is 0.274 e. The zero-order chi connectivity index (χ0) is 21.5. The van der Waals surface area contributed by atoms with Gasteiger partial charge in [-0.25, -0.2) is 0 Å². The van der Waals surface area contributed by atoms with Gasteiger partial charge in [0.1, 0.15) is 0 Å². The Morgan fingerprint density at radius 3 is 2.71 bits per heavy atom. The third kappa shape index (κ3) is 3.98. The van der Waals surface area contributed by atoms with Gasteiger partial charge in [-0.2, -0.15) is 5.10 Å². The Morgan fingerprint density at radius 2 is 1.97 bits per heavy atom. The van der Waals surface area contributed by atoms with Crippen LogP contribution in [-0.4, -0.2) is 63.0 Å². The molecule has 31 heavy (non-hydrogen) atoms. The van der Waals surface area contributed by atoms with Crippen LogP contribution in [0.3, 0.4) is 0 Å². The second-order valence-corrected chi connectivity index (χ2v) is 9.67. The summed E-state index contributed by atoms with van der Waals surface area (Å²) in [5.41, 5.74) is 2.27. The average Bonchev–Trinajstić information content (AvgIpc) is 3.31. The van der Waals surface area contributed by atoms with Crippen LogP contribution in [0.15, 0.2) is 17.5 Å². The van der Waals surface area contributed by atoms with Gasteiger partial charge in [0, 0.05) is 50.4 Å². The van der Waals surface area contributed by atoms with Gasteiger partial charge in [0.2, 0.25) is 5.91 Å². The van der Waals surface area contributed by atoms with Gasteiger partial charge >= 0.3 is 0 Å². The number of hydrogen-bond acceptors (Lipinski definition) is 5. The number of piperidine rings is 1. The topological polar surface area (TPSA) is 87.5 Å². The Morgan fingerprint density at radius 1 is 1.13 bits per heavy atom. The number of nitrogens with one attached hydrogen (secondary N) is 1. The fourth-order valence-electron chi connectivity index (χ4n) is 4.57. The number of thiophene rings is 1. The molecule has 0 aromatic carbocycles. The van der Waals surface area contributed by atoms with Gasteiger partial charge in [-0.05, 0) is 37.1 Å². The third-order valence-corrected chi connectivity index (χ3v) is 7.33. The molecule has 4 heterocycles. The number of rotatable bonds is 4. The van der Waals surface area contributed by atoms with E-state index in [0.717, 1.165) is 36.9 Å². The summed E-state index contributed by atoms with van der Waals surface area (Å²) in [6.07, 6.45) is 4.41. The number of nitrogens with zero attached hydrogens (tertiary/aromatic N) is 4. The highest BCUT2D eigenvalue weighted by atomic mass is 32.1. The molecular formula is C22H27N5O3S. The molecule has 1 aliphatic carbocycles. The van der Waals surface area contributed by atoms with Crippen LogP contribution in [0, 0.1) is 5.92 Å². The maximum absolute atomic E-state index is 13.4. The van der Waals surface area contributed by atoms with Gasteiger partial charge in [0.25, 0.3) is 11.8 Å². The van der Waals surface area contributed by atoms with Gasteiger partial charge in [0.05, 0.1) is 17.3 Å². The molecule has 2 fully saturated rings. The lowest BCUT2D eigenvalue weighted by Gasteiger charge is -2.32. The Labute approximate surface area is 185 Å². The summed E-state index contributed by atoms with van der Waals surface area (Å²) in [6.45, 7) is 2.07. The van der Waals surface area contributed by atoms with E-state index in [1.807, 2.05) is 24.6 Å².